The minimum absolute atomic E-state index is 0. The van der Waals surface area contributed by atoms with Crippen molar-refractivity contribution in [1.29, 1.82) is 0 Å². The monoisotopic (exact) mass is 449 g/mol. The van der Waals surface area contributed by atoms with Gasteiger partial charge in [-0.1, -0.05) is 30.3 Å². The molecule has 0 saturated carbocycles. The van der Waals surface area contributed by atoms with E-state index in [1.54, 1.807) is 4.68 Å². The van der Waals surface area contributed by atoms with E-state index < -0.39 is 0 Å². The summed E-state index contributed by atoms with van der Waals surface area (Å²) in [6.45, 7) is 5.48. The summed E-state index contributed by atoms with van der Waals surface area (Å²) in [5.41, 5.74) is 10.1. The van der Waals surface area contributed by atoms with Crippen molar-refractivity contribution in [3.8, 4) is 11.3 Å². The quantitative estimate of drug-likeness (QED) is 0.655. The SMILES string of the molecule is Cc1nn(C)c2nc(-c3ccccc3)cc(C(=O)N3CCC(C(C)N)CC3)c12.Cl.Cl. The average molecular weight is 450 g/mol. The number of fused-ring (bicyclic) bond motifs is 1. The Hall–Kier alpha value is -2.15. The van der Waals surface area contributed by atoms with Crippen molar-refractivity contribution in [1.82, 2.24) is 19.7 Å². The number of aryl methyl sites for hydroxylation is 2. The number of piperidine rings is 1. The van der Waals surface area contributed by atoms with Gasteiger partial charge in [0.2, 0.25) is 0 Å². The maximum Gasteiger partial charge on any atom is 0.254 e. The Morgan fingerprint density at radius 2 is 1.80 bits per heavy atom. The molecular formula is C22H29Cl2N5O. The Morgan fingerprint density at radius 3 is 2.40 bits per heavy atom. The van der Waals surface area contributed by atoms with Crippen molar-refractivity contribution in [2.24, 2.45) is 18.7 Å². The van der Waals surface area contributed by atoms with Crippen LogP contribution in [0.4, 0.5) is 0 Å². The largest absolute Gasteiger partial charge is 0.339 e. The van der Waals surface area contributed by atoms with Gasteiger partial charge < -0.3 is 10.6 Å². The summed E-state index contributed by atoms with van der Waals surface area (Å²) in [4.78, 5) is 20.2. The molecule has 0 bridgehead atoms. The van der Waals surface area contributed by atoms with Gasteiger partial charge in [-0.2, -0.15) is 5.10 Å². The van der Waals surface area contributed by atoms with Crippen LogP contribution in [0.5, 0.6) is 0 Å². The highest BCUT2D eigenvalue weighted by Crippen LogP contribution is 2.29. The summed E-state index contributed by atoms with van der Waals surface area (Å²) >= 11 is 0. The summed E-state index contributed by atoms with van der Waals surface area (Å²) in [6, 6.07) is 12.1. The van der Waals surface area contributed by atoms with E-state index in [4.69, 9.17) is 10.7 Å². The van der Waals surface area contributed by atoms with Gasteiger partial charge in [0.25, 0.3) is 5.91 Å². The van der Waals surface area contributed by atoms with Crippen molar-refractivity contribution in [3.63, 3.8) is 0 Å². The number of amides is 1. The highest BCUT2D eigenvalue weighted by Gasteiger charge is 2.28. The number of likely N-dealkylation sites (tertiary alicyclic amines) is 1. The molecule has 0 aliphatic carbocycles. The first kappa shape index (κ1) is 24.1. The topological polar surface area (TPSA) is 77.0 Å². The van der Waals surface area contributed by atoms with Gasteiger partial charge in [0.15, 0.2) is 5.65 Å². The number of carbonyl (C=O) groups excluding carboxylic acids is 1. The minimum Gasteiger partial charge on any atom is -0.339 e. The molecule has 1 unspecified atom stereocenters. The maximum atomic E-state index is 13.5. The molecule has 3 heterocycles. The van der Waals surface area contributed by atoms with Gasteiger partial charge in [-0.3, -0.25) is 9.48 Å². The number of nitrogens with zero attached hydrogens (tertiary/aromatic N) is 4. The molecular weight excluding hydrogens is 421 g/mol. The second-order valence-electron chi connectivity index (χ2n) is 7.82. The van der Waals surface area contributed by atoms with E-state index in [2.05, 4.69) is 12.0 Å². The summed E-state index contributed by atoms with van der Waals surface area (Å²) in [5, 5.41) is 5.36. The summed E-state index contributed by atoms with van der Waals surface area (Å²) in [5.74, 6) is 0.547. The molecule has 1 fully saturated rings. The van der Waals surface area contributed by atoms with E-state index >= 15 is 0 Å². The first-order chi connectivity index (χ1) is 13.5. The van der Waals surface area contributed by atoms with Gasteiger partial charge in [0.1, 0.15) is 0 Å². The molecule has 1 aliphatic rings. The summed E-state index contributed by atoms with van der Waals surface area (Å²) in [7, 11) is 1.87. The van der Waals surface area contributed by atoms with E-state index in [0.717, 1.165) is 53.9 Å². The van der Waals surface area contributed by atoms with E-state index in [1.807, 2.05) is 55.3 Å². The number of rotatable bonds is 3. The second-order valence-corrected chi connectivity index (χ2v) is 7.82. The van der Waals surface area contributed by atoms with Crippen LogP contribution in [0.3, 0.4) is 0 Å². The normalized spacial score (nSPS) is 15.4. The Labute approximate surface area is 189 Å². The fourth-order valence-electron chi connectivity index (χ4n) is 4.17. The molecule has 1 atom stereocenters. The van der Waals surface area contributed by atoms with Crippen molar-refractivity contribution in [2.75, 3.05) is 13.1 Å². The second kappa shape index (κ2) is 9.77. The van der Waals surface area contributed by atoms with Crippen molar-refractivity contribution in [3.05, 3.63) is 47.7 Å². The third kappa shape index (κ3) is 4.46. The van der Waals surface area contributed by atoms with Gasteiger partial charge in [-0.05, 0) is 38.7 Å². The lowest BCUT2D eigenvalue weighted by molar-refractivity contribution is 0.0683. The number of hydrogen-bond acceptors (Lipinski definition) is 4. The van der Waals surface area contributed by atoms with Gasteiger partial charge in [0, 0.05) is 31.7 Å². The highest BCUT2D eigenvalue weighted by molar-refractivity contribution is 6.07. The molecule has 8 heteroatoms. The molecule has 2 aromatic heterocycles. The Morgan fingerprint density at radius 1 is 1.17 bits per heavy atom. The number of aromatic nitrogens is 3. The molecule has 4 rings (SSSR count). The van der Waals surface area contributed by atoms with Crippen LogP contribution in [0.25, 0.3) is 22.3 Å². The molecule has 1 saturated heterocycles. The predicted molar refractivity (Wildman–Crippen MR) is 125 cm³/mol. The number of hydrogen-bond donors (Lipinski definition) is 1. The molecule has 2 N–H and O–H groups in total. The molecule has 1 amide bonds. The van der Waals surface area contributed by atoms with Crippen LogP contribution >= 0.6 is 24.8 Å². The molecule has 1 aromatic carbocycles. The number of pyridine rings is 1. The third-order valence-corrected chi connectivity index (χ3v) is 5.84. The van der Waals surface area contributed by atoms with E-state index in [9.17, 15) is 4.79 Å². The smallest absolute Gasteiger partial charge is 0.254 e. The first-order valence-corrected chi connectivity index (χ1v) is 9.90. The molecule has 0 spiro atoms. The van der Waals surface area contributed by atoms with E-state index in [0.29, 0.717) is 11.5 Å². The van der Waals surface area contributed by atoms with Crippen LogP contribution in [0.15, 0.2) is 36.4 Å². The van der Waals surface area contributed by atoms with Crippen molar-refractivity contribution in [2.45, 2.75) is 32.7 Å². The van der Waals surface area contributed by atoms with Gasteiger partial charge in [0.05, 0.1) is 22.3 Å². The lowest BCUT2D eigenvalue weighted by atomic mass is 9.90. The average Bonchev–Trinajstić information content (AvgIpc) is 3.01. The number of nitrogens with two attached hydrogens (primary N) is 1. The fourth-order valence-corrected chi connectivity index (χ4v) is 4.17. The summed E-state index contributed by atoms with van der Waals surface area (Å²) in [6.07, 6.45) is 1.91. The zero-order chi connectivity index (χ0) is 19.8. The lowest BCUT2D eigenvalue weighted by Crippen LogP contribution is -2.42. The Bertz CT molecular complexity index is 1010. The van der Waals surface area contributed by atoms with Crippen LogP contribution in [-0.2, 0) is 7.05 Å². The van der Waals surface area contributed by atoms with Crippen LogP contribution in [0.1, 0.15) is 35.8 Å². The fraction of sp³-hybridized carbons (Fsp3) is 0.409. The number of halogens is 2. The molecule has 30 heavy (non-hydrogen) atoms. The van der Waals surface area contributed by atoms with Crippen molar-refractivity contribution >= 4 is 41.8 Å². The molecule has 6 nitrogen and oxygen atoms in total. The van der Waals surface area contributed by atoms with Gasteiger partial charge in [-0.25, -0.2) is 4.98 Å². The van der Waals surface area contributed by atoms with Crippen molar-refractivity contribution < 1.29 is 4.79 Å². The third-order valence-electron chi connectivity index (χ3n) is 5.84. The van der Waals surface area contributed by atoms with E-state index in [-0.39, 0.29) is 36.8 Å². The zero-order valence-electron chi connectivity index (χ0n) is 17.5. The summed E-state index contributed by atoms with van der Waals surface area (Å²) < 4.78 is 1.76. The van der Waals surface area contributed by atoms with Crippen LogP contribution < -0.4 is 5.73 Å². The molecule has 1 aliphatic heterocycles. The Balaban J connectivity index is 0.00000160. The first-order valence-electron chi connectivity index (χ1n) is 9.90. The lowest BCUT2D eigenvalue weighted by Gasteiger charge is -2.34. The molecule has 3 aromatic rings. The van der Waals surface area contributed by atoms with E-state index in [1.165, 1.54) is 0 Å². The predicted octanol–water partition coefficient (Wildman–Crippen LogP) is 3.99. The van der Waals surface area contributed by atoms with Gasteiger partial charge >= 0.3 is 0 Å². The maximum absolute atomic E-state index is 13.5. The Kier molecular flexibility index (Phi) is 7.86. The van der Waals surface area contributed by atoms with Crippen LogP contribution in [0.2, 0.25) is 0 Å². The minimum atomic E-state index is 0. The number of benzene rings is 1. The molecule has 162 valence electrons. The molecule has 0 radical (unpaired) electrons. The zero-order valence-corrected chi connectivity index (χ0v) is 19.2. The van der Waals surface area contributed by atoms with Crippen LogP contribution in [-0.4, -0.2) is 44.7 Å². The number of carbonyl (C=O) groups is 1. The van der Waals surface area contributed by atoms with Gasteiger partial charge in [-0.15, -0.1) is 24.8 Å². The van der Waals surface area contributed by atoms with Crippen LogP contribution in [0, 0.1) is 12.8 Å². The highest BCUT2D eigenvalue weighted by atomic mass is 35.5. The standard InChI is InChI=1S/C22H27N5O.2ClH/c1-14(23)16-9-11-27(12-10-16)22(28)18-13-19(17-7-5-4-6-8-17)24-21-20(18)15(2)25-26(21)3;;/h4-8,13-14,16H,9-12,23H2,1-3H3;2*1H.